The second kappa shape index (κ2) is 8.84. The summed E-state index contributed by atoms with van der Waals surface area (Å²) in [5, 5.41) is 19.9. The fourth-order valence-electron chi connectivity index (χ4n) is 4.38. The summed E-state index contributed by atoms with van der Waals surface area (Å²) in [7, 11) is 0. The third-order valence-corrected chi connectivity index (χ3v) is 6.11. The molecule has 0 radical (unpaired) electrons. The molecule has 3 aromatic rings. The molecule has 0 fully saturated rings. The molecule has 2 unspecified atom stereocenters. The normalized spacial score (nSPS) is 17.8. The number of aliphatic hydroxyl groups is 2. The SMILES string of the molecule is CC(O)N1CCN=C1c1ccc(-c2ccc(-c3ccc(C4=NCCN4C(C)O)cc3)o2)cc1. The van der Waals surface area contributed by atoms with Gasteiger partial charge in [-0.3, -0.25) is 9.98 Å². The van der Waals surface area contributed by atoms with Gasteiger partial charge in [0.2, 0.25) is 0 Å². The van der Waals surface area contributed by atoms with Crippen LogP contribution in [0.3, 0.4) is 0 Å². The van der Waals surface area contributed by atoms with Crippen molar-refractivity contribution in [3.8, 4) is 22.6 Å². The Hall–Kier alpha value is -3.42. The highest BCUT2D eigenvalue weighted by Gasteiger charge is 2.23. The van der Waals surface area contributed by atoms with Gasteiger partial charge in [0.15, 0.2) is 0 Å². The quantitative estimate of drug-likeness (QED) is 0.609. The van der Waals surface area contributed by atoms with Gasteiger partial charge in [0, 0.05) is 35.3 Å². The van der Waals surface area contributed by atoms with Crippen LogP contribution in [0.1, 0.15) is 25.0 Å². The van der Waals surface area contributed by atoms with Crippen molar-refractivity contribution >= 4 is 11.7 Å². The monoisotopic (exact) mass is 444 g/mol. The van der Waals surface area contributed by atoms with Crippen molar-refractivity contribution in [1.82, 2.24) is 9.80 Å². The zero-order valence-electron chi connectivity index (χ0n) is 18.8. The maximum absolute atomic E-state index is 9.95. The van der Waals surface area contributed by atoms with Gasteiger partial charge in [-0.1, -0.05) is 48.5 Å². The molecule has 1 aromatic heterocycles. The van der Waals surface area contributed by atoms with Crippen LogP contribution in [0.4, 0.5) is 0 Å². The van der Waals surface area contributed by atoms with Crippen LogP contribution in [0.2, 0.25) is 0 Å². The van der Waals surface area contributed by atoms with Crippen LogP contribution < -0.4 is 0 Å². The Morgan fingerprint density at radius 2 is 1.00 bits per heavy atom. The molecule has 7 nitrogen and oxygen atoms in total. The van der Waals surface area contributed by atoms with Crippen molar-refractivity contribution < 1.29 is 14.6 Å². The molecule has 3 heterocycles. The van der Waals surface area contributed by atoms with Crippen molar-refractivity contribution in [3.63, 3.8) is 0 Å². The van der Waals surface area contributed by atoms with Gasteiger partial charge < -0.3 is 24.4 Å². The van der Waals surface area contributed by atoms with Crippen molar-refractivity contribution in [1.29, 1.82) is 0 Å². The summed E-state index contributed by atoms with van der Waals surface area (Å²) >= 11 is 0. The van der Waals surface area contributed by atoms with Crippen LogP contribution >= 0.6 is 0 Å². The van der Waals surface area contributed by atoms with Gasteiger partial charge in [-0.2, -0.15) is 0 Å². The first-order valence-electron chi connectivity index (χ1n) is 11.3. The van der Waals surface area contributed by atoms with E-state index in [1.807, 2.05) is 70.5 Å². The predicted octanol–water partition coefficient (Wildman–Crippen LogP) is 3.41. The standard InChI is InChI=1S/C26H28N4O3/c1-17(31)29-15-13-27-25(29)21-7-3-19(4-8-21)23-11-12-24(33-23)20-5-9-22(10-6-20)26-28-14-16-30(26)18(2)32/h3-12,17-18,31-32H,13-16H2,1-2H3. The molecule has 0 bridgehead atoms. The van der Waals surface area contributed by atoms with E-state index >= 15 is 0 Å². The van der Waals surface area contributed by atoms with Crippen LogP contribution in [-0.4, -0.2) is 70.3 Å². The summed E-state index contributed by atoms with van der Waals surface area (Å²) in [6, 6.07) is 20.1. The van der Waals surface area contributed by atoms with Crippen molar-refractivity contribution in [2.45, 2.75) is 26.3 Å². The Balaban J connectivity index is 1.32. The maximum Gasteiger partial charge on any atom is 0.134 e. The van der Waals surface area contributed by atoms with Gasteiger partial charge in [-0.25, -0.2) is 0 Å². The predicted molar refractivity (Wildman–Crippen MR) is 129 cm³/mol. The second-order valence-electron chi connectivity index (χ2n) is 8.38. The lowest BCUT2D eigenvalue weighted by Crippen LogP contribution is -2.36. The van der Waals surface area contributed by atoms with E-state index < -0.39 is 12.5 Å². The fourth-order valence-corrected chi connectivity index (χ4v) is 4.38. The third kappa shape index (κ3) is 4.17. The summed E-state index contributed by atoms with van der Waals surface area (Å²) in [4.78, 5) is 12.9. The number of aliphatic imine (C=N–C) groups is 2. The van der Waals surface area contributed by atoms with Gasteiger partial charge in [-0.05, 0) is 26.0 Å². The molecular formula is C26H28N4O3. The topological polar surface area (TPSA) is 84.8 Å². The molecule has 0 amide bonds. The summed E-state index contributed by atoms with van der Waals surface area (Å²) < 4.78 is 6.14. The first-order valence-corrected chi connectivity index (χ1v) is 11.3. The Bertz CT molecular complexity index is 1090. The molecule has 2 atom stereocenters. The molecule has 2 N–H and O–H groups in total. The largest absolute Gasteiger partial charge is 0.456 e. The van der Waals surface area contributed by atoms with Gasteiger partial charge in [0.1, 0.15) is 35.6 Å². The highest BCUT2D eigenvalue weighted by molar-refractivity contribution is 6.00. The highest BCUT2D eigenvalue weighted by atomic mass is 16.3. The minimum Gasteiger partial charge on any atom is -0.456 e. The molecule has 0 aliphatic carbocycles. The molecule has 7 heteroatoms. The maximum atomic E-state index is 9.95. The summed E-state index contributed by atoms with van der Waals surface area (Å²) in [5.74, 6) is 3.25. The van der Waals surface area contributed by atoms with Crippen molar-refractivity contribution in [3.05, 3.63) is 71.8 Å². The molecular weight excluding hydrogens is 416 g/mol. The Kier molecular flexibility index (Phi) is 5.74. The van der Waals surface area contributed by atoms with Crippen molar-refractivity contribution in [2.24, 2.45) is 9.98 Å². The van der Waals surface area contributed by atoms with E-state index in [-0.39, 0.29) is 0 Å². The molecule has 170 valence electrons. The highest BCUT2D eigenvalue weighted by Crippen LogP contribution is 2.29. The number of amidine groups is 2. The fraction of sp³-hybridized carbons (Fsp3) is 0.308. The Morgan fingerprint density at radius 1 is 0.636 bits per heavy atom. The molecule has 5 rings (SSSR count). The molecule has 33 heavy (non-hydrogen) atoms. The number of hydrogen-bond donors (Lipinski definition) is 2. The lowest BCUT2D eigenvalue weighted by Gasteiger charge is -2.23. The molecule has 0 saturated heterocycles. The van der Waals surface area contributed by atoms with Gasteiger partial charge in [0.25, 0.3) is 0 Å². The molecule has 0 spiro atoms. The van der Waals surface area contributed by atoms with Gasteiger partial charge >= 0.3 is 0 Å². The second-order valence-corrected chi connectivity index (χ2v) is 8.38. The zero-order valence-corrected chi connectivity index (χ0v) is 18.8. The van der Waals surface area contributed by atoms with E-state index in [2.05, 4.69) is 9.98 Å². The number of nitrogens with zero attached hydrogens (tertiary/aromatic N) is 4. The summed E-state index contributed by atoms with van der Waals surface area (Å²) in [6.45, 7) is 6.39. The minimum atomic E-state index is -0.555. The minimum absolute atomic E-state index is 0.555. The number of furan rings is 1. The van der Waals surface area contributed by atoms with Crippen LogP contribution in [-0.2, 0) is 0 Å². The van der Waals surface area contributed by atoms with Crippen molar-refractivity contribution in [2.75, 3.05) is 26.2 Å². The zero-order chi connectivity index (χ0) is 22.9. The number of rotatable bonds is 6. The number of hydrogen-bond acceptors (Lipinski definition) is 7. The van der Waals surface area contributed by atoms with E-state index in [9.17, 15) is 10.2 Å². The van der Waals surface area contributed by atoms with Gasteiger partial charge in [0.05, 0.1) is 13.1 Å². The Morgan fingerprint density at radius 3 is 1.36 bits per heavy atom. The average Bonchev–Trinajstić information content (AvgIpc) is 3.60. The molecule has 0 saturated carbocycles. The van der Waals surface area contributed by atoms with E-state index in [1.165, 1.54) is 0 Å². The van der Waals surface area contributed by atoms with E-state index in [0.717, 1.165) is 58.5 Å². The van der Waals surface area contributed by atoms with E-state index in [1.54, 1.807) is 13.8 Å². The van der Waals surface area contributed by atoms with Gasteiger partial charge in [-0.15, -0.1) is 0 Å². The number of benzene rings is 2. The van der Waals surface area contributed by atoms with Crippen LogP contribution in [0.15, 0.2) is 75.1 Å². The van der Waals surface area contributed by atoms with Crippen LogP contribution in [0.25, 0.3) is 22.6 Å². The average molecular weight is 445 g/mol. The van der Waals surface area contributed by atoms with Crippen LogP contribution in [0.5, 0.6) is 0 Å². The third-order valence-electron chi connectivity index (χ3n) is 6.11. The summed E-state index contributed by atoms with van der Waals surface area (Å²) in [6.07, 6.45) is -1.11. The molecule has 2 aliphatic heterocycles. The molecule has 2 aliphatic rings. The smallest absolute Gasteiger partial charge is 0.134 e. The Labute approximate surface area is 193 Å². The lowest BCUT2D eigenvalue weighted by molar-refractivity contribution is 0.0781. The first kappa shape index (κ1) is 21.4. The summed E-state index contributed by atoms with van der Waals surface area (Å²) in [5.41, 5.74) is 3.94. The van der Waals surface area contributed by atoms with Crippen LogP contribution in [0, 0.1) is 0 Å². The first-order chi connectivity index (χ1) is 16.0. The molecule has 2 aromatic carbocycles. The lowest BCUT2D eigenvalue weighted by atomic mass is 10.1. The van der Waals surface area contributed by atoms with E-state index in [0.29, 0.717) is 13.1 Å². The number of aliphatic hydroxyl groups excluding tert-OH is 2. The van der Waals surface area contributed by atoms with E-state index in [4.69, 9.17) is 4.42 Å².